The predicted molar refractivity (Wildman–Crippen MR) is 359 cm³/mol. The van der Waals surface area contributed by atoms with Crippen molar-refractivity contribution in [2.75, 3.05) is 26.4 Å². The van der Waals surface area contributed by atoms with E-state index >= 15 is 0 Å². The Kier molecular flexibility index (Phi) is 64.3. The Bertz CT molecular complexity index is 1540. The lowest BCUT2D eigenvalue weighted by molar-refractivity contribution is -0.161. The molecule has 2 atom stereocenters. The fourth-order valence-corrected chi connectivity index (χ4v) is 11.7. The van der Waals surface area contributed by atoms with Gasteiger partial charge >= 0.3 is 19.8 Å². The normalized spacial score (nSPS) is 12.8. The molecule has 0 saturated carbocycles. The second-order valence-electron chi connectivity index (χ2n) is 25.0. The van der Waals surface area contributed by atoms with Crippen molar-refractivity contribution >= 4 is 31.6 Å². The fraction of sp³-hybridized carbons (Fsp3) is 0.890. The number of esters is 2. The molecule has 0 fully saturated rings. The average molecular weight is 1220 g/mol. The van der Waals surface area contributed by atoms with Gasteiger partial charge in [0.1, 0.15) is 6.61 Å². The number of allylic oxidation sites excluding steroid dienone is 4. The van der Waals surface area contributed by atoms with Crippen LogP contribution >= 0.6 is 7.82 Å². The number of hydrogen-bond donors (Lipinski definition) is 1. The molecule has 0 aliphatic heterocycles. The van der Waals surface area contributed by atoms with Crippen LogP contribution in [0.25, 0.3) is 0 Å². The molecule has 0 aliphatic carbocycles. The lowest BCUT2D eigenvalue weighted by Gasteiger charge is -2.23. The molecule has 1 unspecified atom stereocenters. The Morgan fingerprint density at radius 3 is 0.941 bits per heavy atom. The van der Waals surface area contributed by atoms with Crippen LogP contribution in [-0.2, 0) is 42.3 Å². The van der Waals surface area contributed by atoms with Crippen molar-refractivity contribution in [1.82, 2.24) is 4.90 Å². The summed E-state index contributed by atoms with van der Waals surface area (Å²) in [6.45, 7) is 7.57. The summed E-state index contributed by atoms with van der Waals surface area (Å²) in [4.78, 5) is 65.3. The van der Waals surface area contributed by atoms with Gasteiger partial charge in [0.15, 0.2) is 6.10 Å². The van der Waals surface area contributed by atoms with E-state index in [2.05, 4.69) is 52.0 Å². The van der Waals surface area contributed by atoms with Gasteiger partial charge in [0.05, 0.1) is 19.8 Å². The molecule has 11 nitrogen and oxygen atoms in total. The van der Waals surface area contributed by atoms with Gasteiger partial charge in [-0.3, -0.25) is 33.1 Å². The van der Waals surface area contributed by atoms with Gasteiger partial charge in [-0.05, 0) is 77.0 Å². The first kappa shape index (κ1) is 82.7. The zero-order chi connectivity index (χ0) is 62.0. The fourth-order valence-electron chi connectivity index (χ4n) is 11.0. The Morgan fingerprint density at radius 1 is 0.353 bits per heavy atom. The summed E-state index contributed by atoms with van der Waals surface area (Å²) in [7, 11) is -4.75. The summed E-state index contributed by atoms with van der Waals surface area (Å²) in [5.41, 5.74) is 0. The number of hydrogen-bond acceptors (Lipinski definition) is 9. The minimum atomic E-state index is -4.75. The first-order valence-corrected chi connectivity index (χ1v) is 38.2. The van der Waals surface area contributed by atoms with Crippen LogP contribution in [0.4, 0.5) is 0 Å². The molecule has 0 radical (unpaired) electrons. The third-order valence-corrected chi connectivity index (χ3v) is 17.6. The summed E-state index contributed by atoms with van der Waals surface area (Å²) >= 11 is 0. The summed E-state index contributed by atoms with van der Waals surface area (Å²) in [5, 5.41) is 0. The highest BCUT2D eigenvalue weighted by Crippen LogP contribution is 2.43. The van der Waals surface area contributed by atoms with E-state index in [4.69, 9.17) is 18.5 Å². The van der Waals surface area contributed by atoms with Crippen molar-refractivity contribution in [3.8, 4) is 0 Å². The molecule has 0 heterocycles. The molecule has 0 spiro atoms. The minimum Gasteiger partial charge on any atom is -0.462 e. The molecule has 0 aromatic heterocycles. The minimum absolute atomic E-state index is 0.181. The number of rotatable bonds is 68. The molecule has 2 amide bonds. The van der Waals surface area contributed by atoms with Gasteiger partial charge in [-0.15, -0.1) is 0 Å². The Labute approximate surface area is 525 Å². The van der Waals surface area contributed by atoms with E-state index in [9.17, 15) is 28.6 Å². The predicted octanol–water partition coefficient (Wildman–Crippen LogP) is 23.0. The lowest BCUT2D eigenvalue weighted by atomic mass is 10.0. The standard InChI is InChI=1S/C73H138NO10P/c1-5-9-13-17-21-25-29-33-35-39-41-45-49-53-57-61-70(75)74(71(76)62-58-54-50-46-42-40-36-34-30-26-22-18-14-10-6-2)65-66-82-85(79,80)83-68-69(84-73(78)64-60-56-52-48-44-38-32-28-24-20-16-12-8-4)67-81-72(77)63-59-55-51-47-43-37-31-27-23-19-15-11-7-3/h33-36,69H,5-32,37-68H2,1-4H3,(H,79,80)/b35-33-,36-34-/t69-/m1/s1. The Hall–Kier alpha value is -2.33. The first-order chi connectivity index (χ1) is 41.6. The third-order valence-electron chi connectivity index (χ3n) is 16.6. The highest BCUT2D eigenvalue weighted by atomic mass is 31.2. The van der Waals surface area contributed by atoms with E-state index in [0.717, 1.165) is 116 Å². The van der Waals surface area contributed by atoms with Gasteiger partial charge in [-0.1, -0.05) is 309 Å². The molecule has 0 saturated heterocycles. The van der Waals surface area contributed by atoms with Crippen molar-refractivity contribution in [2.45, 2.75) is 393 Å². The zero-order valence-electron chi connectivity index (χ0n) is 56.3. The molecule has 1 N–H and O–H groups in total. The van der Waals surface area contributed by atoms with Gasteiger partial charge < -0.3 is 14.4 Å². The molecular weight excluding hydrogens is 1080 g/mol. The van der Waals surface area contributed by atoms with E-state index in [1.54, 1.807) is 0 Å². The Morgan fingerprint density at radius 2 is 0.624 bits per heavy atom. The second kappa shape index (κ2) is 66.1. The van der Waals surface area contributed by atoms with Gasteiger partial charge in [0, 0.05) is 25.7 Å². The summed E-state index contributed by atoms with van der Waals surface area (Å²) in [5.74, 6) is -1.50. The topological polar surface area (TPSA) is 146 Å². The zero-order valence-corrected chi connectivity index (χ0v) is 57.2. The number of ether oxygens (including phenoxy) is 2. The van der Waals surface area contributed by atoms with E-state index in [0.29, 0.717) is 25.7 Å². The largest absolute Gasteiger partial charge is 0.472 e. The number of nitrogens with zero attached hydrogens (tertiary/aromatic N) is 1. The van der Waals surface area contributed by atoms with Crippen molar-refractivity contribution in [3.05, 3.63) is 24.3 Å². The molecule has 0 rings (SSSR count). The summed E-state index contributed by atoms with van der Waals surface area (Å²) in [6.07, 6.45) is 69.8. The molecule has 500 valence electrons. The maximum absolute atomic E-state index is 13.7. The van der Waals surface area contributed by atoms with E-state index < -0.39 is 39.1 Å². The van der Waals surface area contributed by atoms with Crippen LogP contribution in [0.15, 0.2) is 24.3 Å². The quantitative estimate of drug-likeness (QED) is 0.0270. The van der Waals surface area contributed by atoms with Gasteiger partial charge in [-0.25, -0.2) is 4.57 Å². The monoisotopic (exact) mass is 1220 g/mol. The van der Waals surface area contributed by atoms with Crippen molar-refractivity contribution in [3.63, 3.8) is 0 Å². The molecule has 12 heteroatoms. The summed E-state index contributed by atoms with van der Waals surface area (Å²) in [6, 6.07) is 0. The van der Waals surface area contributed by atoms with Crippen molar-refractivity contribution in [2.24, 2.45) is 0 Å². The Balaban J connectivity index is 5.32. The molecule has 0 aromatic carbocycles. The number of unbranched alkanes of at least 4 members (excludes halogenated alkanes) is 46. The van der Waals surface area contributed by atoms with Gasteiger partial charge in [0.25, 0.3) is 0 Å². The van der Waals surface area contributed by atoms with Crippen LogP contribution in [-0.4, -0.2) is 66.0 Å². The number of phosphoric ester groups is 1. The summed E-state index contributed by atoms with van der Waals surface area (Å²) < 4.78 is 35.4. The van der Waals surface area contributed by atoms with Gasteiger partial charge in [0.2, 0.25) is 11.8 Å². The van der Waals surface area contributed by atoms with Crippen LogP contribution in [0.5, 0.6) is 0 Å². The van der Waals surface area contributed by atoms with Crippen LogP contribution in [0.2, 0.25) is 0 Å². The number of carbonyl (C=O) groups is 4. The average Bonchev–Trinajstić information content (AvgIpc) is 3.57. The number of imide groups is 1. The molecule has 0 aliphatic rings. The van der Waals surface area contributed by atoms with Crippen LogP contribution < -0.4 is 0 Å². The van der Waals surface area contributed by atoms with Crippen molar-refractivity contribution < 1.29 is 47.2 Å². The first-order valence-electron chi connectivity index (χ1n) is 36.7. The highest BCUT2D eigenvalue weighted by molar-refractivity contribution is 7.47. The molecule has 0 bridgehead atoms. The van der Waals surface area contributed by atoms with E-state index in [1.165, 1.54) is 198 Å². The molecule has 0 aromatic rings. The van der Waals surface area contributed by atoms with Gasteiger partial charge in [-0.2, -0.15) is 0 Å². The highest BCUT2D eigenvalue weighted by Gasteiger charge is 2.28. The number of carbonyl (C=O) groups excluding carboxylic acids is 4. The molecular formula is C73H138NO10P. The van der Waals surface area contributed by atoms with E-state index in [-0.39, 0.29) is 50.6 Å². The number of amides is 2. The molecule has 85 heavy (non-hydrogen) atoms. The SMILES string of the molecule is CCCCCCCC/C=C\CCCCCCCC(=O)N(CCOP(=O)(O)OC[C@@H](COC(=O)CCCCCCCCCCCCCCC)OC(=O)CCCCCCCCCCCCCCC)C(=O)CCCCCCC/C=C\CCCCCCCC. The van der Waals surface area contributed by atoms with Crippen LogP contribution in [0.1, 0.15) is 387 Å². The second-order valence-corrected chi connectivity index (χ2v) is 26.4. The van der Waals surface area contributed by atoms with E-state index in [1.807, 2.05) is 0 Å². The maximum Gasteiger partial charge on any atom is 0.472 e. The maximum atomic E-state index is 13.7. The van der Waals surface area contributed by atoms with Crippen molar-refractivity contribution in [1.29, 1.82) is 0 Å². The van der Waals surface area contributed by atoms with Crippen LogP contribution in [0.3, 0.4) is 0 Å². The number of phosphoric acid groups is 1. The van der Waals surface area contributed by atoms with Crippen LogP contribution in [0, 0.1) is 0 Å². The smallest absolute Gasteiger partial charge is 0.462 e. The lowest BCUT2D eigenvalue weighted by Crippen LogP contribution is -2.39. The third kappa shape index (κ3) is 61.7.